The maximum Gasteiger partial charge on any atom is 0.264 e. The first-order valence-electron chi connectivity index (χ1n) is 7.45. The lowest BCUT2D eigenvalue weighted by atomic mass is 10.1. The number of hydrogen-bond donors (Lipinski definition) is 0. The van der Waals surface area contributed by atoms with Gasteiger partial charge in [-0.15, -0.1) is 0 Å². The van der Waals surface area contributed by atoms with Gasteiger partial charge in [-0.05, 0) is 19.4 Å². The topological polar surface area (TPSA) is 94.9 Å². The van der Waals surface area contributed by atoms with Crippen LogP contribution in [0.5, 0.6) is 0 Å². The maximum atomic E-state index is 11.5. The molecule has 0 bridgehead atoms. The summed E-state index contributed by atoms with van der Waals surface area (Å²) in [6.07, 6.45) is -1.84. The number of ether oxygens (including phenoxy) is 3. The zero-order valence-electron chi connectivity index (χ0n) is 13.8. The molecule has 0 unspecified atom stereocenters. The first kappa shape index (κ1) is 18.8. The summed E-state index contributed by atoms with van der Waals surface area (Å²) >= 11 is 0. The van der Waals surface area contributed by atoms with Crippen LogP contribution >= 0.6 is 0 Å². The van der Waals surface area contributed by atoms with Gasteiger partial charge in [0.2, 0.25) is 0 Å². The molecule has 8 heteroatoms. The number of hydrogen-bond acceptors (Lipinski definition) is 7. The summed E-state index contributed by atoms with van der Waals surface area (Å²) in [4.78, 5) is 0. The van der Waals surface area contributed by atoms with E-state index in [1.165, 1.54) is 0 Å². The Morgan fingerprint density at radius 2 is 1.96 bits per heavy atom. The average molecular weight is 355 g/mol. The average Bonchev–Trinajstić information content (AvgIpc) is 2.81. The molecule has 3 atom stereocenters. The minimum Gasteiger partial charge on any atom is -0.374 e. The second kappa shape index (κ2) is 7.59. The lowest BCUT2D eigenvalue weighted by Gasteiger charge is -2.24. The Morgan fingerprint density at radius 3 is 2.54 bits per heavy atom. The van der Waals surface area contributed by atoms with Gasteiger partial charge >= 0.3 is 0 Å². The smallest absolute Gasteiger partial charge is 0.264 e. The Kier molecular flexibility index (Phi) is 5.96. The van der Waals surface area contributed by atoms with Gasteiger partial charge in [-0.25, -0.2) is 0 Å². The molecule has 1 aliphatic rings. The van der Waals surface area contributed by atoms with Crippen molar-refractivity contribution >= 4 is 10.1 Å². The number of nitriles is 1. The lowest BCUT2D eigenvalue weighted by molar-refractivity contribution is -0.154. The van der Waals surface area contributed by atoms with Gasteiger partial charge < -0.3 is 14.2 Å². The van der Waals surface area contributed by atoms with Crippen LogP contribution in [0.3, 0.4) is 0 Å². The first-order valence-corrected chi connectivity index (χ1v) is 9.27. The van der Waals surface area contributed by atoms with E-state index >= 15 is 0 Å². The largest absolute Gasteiger partial charge is 0.374 e. The van der Waals surface area contributed by atoms with E-state index in [9.17, 15) is 13.7 Å². The maximum absolute atomic E-state index is 11.5. The van der Waals surface area contributed by atoms with Crippen molar-refractivity contribution in [2.45, 2.75) is 44.6 Å². The molecule has 24 heavy (non-hydrogen) atoms. The molecular weight excluding hydrogens is 334 g/mol. The van der Waals surface area contributed by atoms with Crippen LogP contribution in [-0.2, 0) is 35.1 Å². The van der Waals surface area contributed by atoms with E-state index in [0.717, 1.165) is 11.8 Å². The molecule has 1 aromatic rings. The summed E-state index contributed by atoms with van der Waals surface area (Å²) < 4.78 is 44.8. The molecule has 2 rings (SSSR count). The molecule has 1 aromatic carbocycles. The molecule has 0 N–H and O–H groups in total. The Bertz CT molecular complexity index is 682. The summed E-state index contributed by atoms with van der Waals surface area (Å²) in [5.41, 5.74) is 0.941. The third-order valence-electron chi connectivity index (χ3n) is 3.31. The molecule has 0 aliphatic carbocycles. The van der Waals surface area contributed by atoms with Crippen LogP contribution in [0, 0.1) is 11.3 Å². The van der Waals surface area contributed by atoms with Crippen molar-refractivity contribution in [2.75, 3.05) is 12.9 Å². The Morgan fingerprint density at radius 1 is 1.29 bits per heavy atom. The molecule has 1 heterocycles. The fourth-order valence-corrected chi connectivity index (χ4v) is 3.04. The van der Waals surface area contributed by atoms with E-state index in [0.29, 0.717) is 6.61 Å². The fourth-order valence-electron chi connectivity index (χ4n) is 2.43. The van der Waals surface area contributed by atoms with Gasteiger partial charge in [0, 0.05) is 0 Å². The van der Waals surface area contributed by atoms with Crippen molar-refractivity contribution in [3.8, 4) is 6.07 Å². The molecular formula is C16H21NO6S. The highest BCUT2D eigenvalue weighted by atomic mass is 32.2. The Hall–Kier alpha value is -1.50. The zero-order chi connectivity index (χ0) is 17.8. The van der Waals surface area contributed by atoms with E-state index < -0.39 is 34.2 Å². The predicted octanol–water partition coefficient (Wildman–Crippen LogP) is 1.59. The van der Waals surface area contributed by atoms with Crippen molar-refractivity contribution in [2.24, 2.45) is 0 Å². The van der Waals surface area contributed by atoms with E-state index in [1.807, 2.05) is 36.4 Å². The quantitative estimate of drug-likeness (QED) is 0.685. The van der Waals surface area contributed by atoms with Crippen LogP contribution in [0.2, 0.25) is 0 Å². The summed E-state index contributed by atoms with van der Waals surface area (Å²) in [5, 5.41) is 9.22. The van der Waals surface area contributed by atoms with Crippen LogP contribution in [0.25, 0.3) is 0 Å². The van der Waals surface area contributed by atoms with Crippen LogP contribution in [0.4, 0.5) is 0 Å². The monoisotopic (exact) mass is 355 g/mol. The SMILES string of the molecule is CC1(C)O[C@@H]([C@@H](COCc2ccccc2)OS(C)(=O)=O)[C@@H](C#N)O1. The molecule has 7 nitrogen and oxygen atoms in total. The van der Waals surface area contributed by atoms with Crippen molar-refractivity contribution in [1.82, 2.24) is 0 Å². The molecule has 1 aliphatic heterocycles. The third-order valence-corrected chi connectivity index (χ3v) is 3.91. The molecule has 0 saturated carbocycles. The Balaban J connectivity index is 2.06. The predicted molar refractivity (Wildman–Crippen MR) is 85.3 cm³/mol. The van der Waals surface area contributed by atoms with E-state index in [4.69, 9.17) is 18.4 Å². The van der Waals surface area contributed by atoms with Gasteiger partial charge in [-0.3, -0.25) is 4.18 Å². The van der Waals surface area contributed by atoms with E-state index in [1.54, 1.807) is 13.8 Å². The van der Waals surface area contributed by atoms with Crippen LogP contribution in [0.15, 0.2) is 30.3 Å². The molecule has 0 amide bonds. The lowest BCUT2D eigenvalue weighted by Crippen LogP contribution is -2.41. The summed E-state index contributed by atoms with van der Waals surface area (Å²) in [6.45, 7) is 3.54. The van der Waals surface area contributed by atoms with E-state index in [-0.39, 0.29) is 6.61 Å². The molecule has 1 saturated heterocycles. The summed E-state index contributed by atoms with van der Waals surface area (Å²) in [6, 6.07) is 11.4. The number of nitrogens with zero attached hydrogens (tertiary/aromatic N) is 1. The molecule has 1 fully saturated rings. The highest BCUT2D eigenvalue weighted by molar-refractivity contribution is 7.86. The fraction of sp³-hybridized carbons (Fsp3) is 0.562. The van der Waals surface area contributed by atoms with Crippen LogP contribution in [-0.4, -0.2) is 45.4 Å². The van der Waals surface area contributed by atoms with Crippen molar-refractivity contribution in [3.63, 3.8) is 0 Å². The normalized spacial score (nSPS) is 24.4. The van der Waals surface area contributed by atoms with Crippen molar-refractivity contribution in [1.29, 1.82) is 5.26 Å². The molecule has 132 valence electrons. The summed E-state index contributed by atoms with van der Waals surface area (Å²) in [5.74, 6) is -0.996. The van der Waals surface area contributed by atoms with Crippen molar-refractivity contribution in [3.05, 3.63) is 35.9 Å². The van der Waals surface area contributed by atoms with E-state index in [2.05, 4.69) is 0 Å². The molecule has 0 radical (unpaired) electrons. The van der Waals surface area contributed by atoms with Crippen LogP contribution in [0.1, 0.15) is 19.4 Å². The van der Waals surface area contributed by atoms with Gasteiger partial charge in [0.1, 0.15) is 12.2 Å². The third kappa shape index (κ3) is 5.54. The second-order valence-electron chi connectivity index (χ2n) is 5.99. The van der Waals surface area contributed by atoms with Gasteiger partial charge in [-0.2, -0.15) is 13.7 Å². The van der Waals surface area contributed by atoms with Gasteiger partial charge in [-0.1, -0.05) is 30.3 Å². The minimum absolute atomic E-state index is 0.0513. The zero-order valence-corrected chi connectivity index (χ0v) is 14.7. The standard InChI is InChI=1S/C16H21NO6S/c1-16(2)21-13(9-17)15(22-16)14(23-24(3,18)19)11-20-10-12-7-5-4-6-8-12/h4-8,13-15H,10-11H2,1-3H3/t13-,14-,15-/m1/s1. The summed E-state index contributed by atoms with van der Waals surface area (Å²) in [7, 11) is -3.75. The molecule has 0 aromatic heterocycles. The van der Waals surface area contributed by atoms with Gasteiger partial charge in [0.25, 0.3) is 10.1 Å². The highest BCUT2D eigenvalue weighted by Crippen LogP contribution is 2.31. The highest BCUT2D eigenvalue weighted by Gasteiger charge is 2.47. The van der Waals surface area contributed by atoms with Crippen LogP contribution < -0.4 is 0 Å². The minimum atomic E-state index is -3.75. The second-order valence-corrected chi connectivity index (χ2v) is 7.59. The number of rotatable bonds is 7. The Labute approximate surface area is 142 Å². The number of benzene rings is 1. The first-order chi connectivity index (χ1) is 11.2. The van der Waals surface area contributed by atoms with Crippen molar-refractivity contribution < 1.29 is 26.8 Å². The van der Waals surface area contributed by atoms with Gasteiger partial charge in [0.15, 0.2) is 11.9 Å². The van der Waals surface area contributed by atoms with Gasteiger partial charge in [0.05, 0.1) is 25.5 Å². The molecule has 0 spiro atoms.